The highest BCUT2D eigenvalue weighted by Gasteiger charge is 2.32. The summed E-state index contributed by atoms with van der Waals surface area (Å²) in [6.45, 7) is 6.45. The summed E-state index contributed by atoms with van der Waals surface area (Å²) >= 11 is 0. The van der Waals surface area contributed by atoms with Crippen LogP contribution < -0.4 is 0 Å². The molecule has 0 saturated heterocycles. The Morgan fingerprint density at radius 2 is 2.00 bits per heavy atom. The van der Waals surface area contributed by atoms with Gasteiger partial charge in [-0.3, -0.25) is 0 Å². The molecule has 1 rings (SSSR count). The maximum atomic E-state index is 11.6. The molecule has 0 amide bonds. The van der Waals surface area contributed by atoms with Crippen molar-refractivity contribution in [2.45, 2.75) is 46.1 Å². The molecule has 3 atom stereocenters. The molecule has 0 heterocycles. The lowest BCUT2D eigenvalue weighted by molar-refractivity contribution is -0.149. The minimum Gasteiger partial charge on any atom is -0.478 e. The minimum absolute atomic E-state index is 0.0703. The van der Waals surface area contributed by atoms with Gasteiger partial charge in [-0.25, -0.2) is 9.59 Å². The van der Waals surface area contributed by atoms with Gasteiger partial charge in [0.05, 0.1) is 12.2 Å². The number of carbonyl (C=O) groups excluding carboxylic acids is 1. The van der Waals surface area contributed by atoms with E-state index in [2.05, 4.69) is 26.5 Å². The summed E-state index contributed by atoms with van der Waals surface area (Å²) in [4.78, 5) is 21.9. The second-order valence-corrected chi connectivity index (χ2v) is 5.60. The highest BCUT2D eigenvalue weighted by molar-refractivity contribution is 5.84. The number of ether oxygens (including phenoxy) is 1. The quantitative estimate of drug-likeness (QED) is 0.483. The van der Waals surface area contributed by atoms with E-state index in [1.165, 1.54) is 6.42 Å². The Labute approximate surface area is 114 Å². The predicted octanol–water partition coefficient (Wildman–Crippen LogP) is 2.79. The molecule has 1 aliphatic carbocycles. The van der Waals surface area contributed by atoms with Gasteiger partial charge in [0.2, 0.25) is 0 Å². The van der Waals surface area contributed by atoms with Crippen LogP contribution in [0, 0.1) is 17.8 Å². The summed E-state index contributed by atoms with van der Waals surface area (Å²) < 4.78 is 5.45. The second kappa shape index (κ2) is 7.15. The largest absolute Gasteiger partial charge is 0.478 e. The first kappa shape index (κ1) is 15.5. The van der Waals surface area contributed by atoms with Crippen molar-refractivity contribution in [3.05, 3.63) is 17.9 Å². The van der Waals surface area contributed by atoms with Gasteiger partial charge >= 0.3 is 11.9 Å². The molecular weight excluding hydrogens is 244 g/mol. The molecule has 0 bridgehead atoms. The third-order valence-corrected chi connectivity index (χ3v) is 3.64. The van der Waals surface area contributed by atoms with E-state index in [-0.39, 0.29) is 6.10 Å². The predicted molar refractivity (Wildman–Crippen MR) is 71.5 cm³/mol. The molecule has 106 valence electrons. The molecule has 1 fully saturated rings. The maximum Gasteiger partial charge on any atom is 0.338 e. The fourth-order valence-electron chi connectivity index (χ4n) is 2.61. The summed E-state index contributed by atoms with van der Waals surface area (Å²) in [7, 11) is 0. The number of hydrogen-bond acceptors (Lipinski definition) is 3. The summed E-state index contributed by atoms with van der Waals surface area (Å²) in [6, 6.07) is 0. The lowest BCUT2D eigenvalue weighted by Crippen LogP contribution is -2.35. The number of esters is 1. The molecule has 0 aromatic heterocycles. The molecule has 19 heavy (non-hydrogen) atoms. The third kappa shape index (κ3) is 5.31. The molecule has 1 N–H and O–H groups in total. The minimum atomic E-state index is -1.13. The van der Waals surface area contributed by atoms with Crippen LogP contribution >= 0.6 is 0 Å². The van der Waals surface area contributed by atoms with Crippen molar-refractivity contribution in [3.8, 4) is 0 Å². The Bertz CT molecular complexity index is 391. The van der Waals surface area contributed by atoms with Gasteiger partial charge in [-0.2, -0.15) is 0 Å². The zero-order valence-electron chi connectivity index (χ0n) is 11.8. The molecular formula is C15H22O4. The van der Waals surface area contributed by atoms with Crippen molar-refractivity contribution in [1.29, 1.82) is 0 Å². The van der Waals surface area contributed by atoms with Crippen molar-refractivity contribution < 1.29 is 19.4 Å². The molecule has 1 saturated carbocycles. The number of carbonyl (C=O) groups is 2. The lowest BCUT2D eigenvalue weighted by atomic mass is 9.75. The van der Waals surface area contributed by atoms with Crippen LogP contribution in [0.4, 0.5) is 0 Å². The normalized spacial score (nSPS) is 26.4. The first-order chi connectivity index (χ1) is 8.90. The Morgan fingerprint density at radius 3 is 2.58 bits per heavy atom. The average Bonchev–Trinajstić information content (AvgIpc) is 2.27. The van der Waals surface area contributed by atoms with Crippen LogP contribution in [0.15, 0.2) is 17.9 Å². The van der Waals surface area contributed by atoms with Crippen LogP contribution in [0.25, 0.3) is 0 Å². The Hall–Kier alpha value is -1.54. The van der Waals surface area contributed by atoms with Gasteiger partial charge in [-0.15, -0.1) is 5.73 Å². The molecule has 4 heteroatoms. The SMILES string of the molecule is CC1CCC(C(C)C)C(OC(=O)C=C=CC(=O)O)C1. The first-order valence-corrected chi connectivity index (χ1v) is 6.76. The third-order valence-electron chi connectivity index (χ3n) is 3.64. The molecule has 3 unspecified atom stereocenters. The number of hydrogen-bond donors (Lipinski definition) is 1. The van der Waals surface area contributed by atoms with Crippen molar-refractivity contribution in [2.75, 3.05) is 0 Å². The van der Waals surface area contributed by atoms with Crippen LogP contribution in [0.2, 0.25) is 0 Å². The van der Waals surface area contributed by atoms with Crippen LogP contribution in [-0.2, 0) is 14.3 Å². The van der Waals surface area contributed by atoms with Crippen molar-refractivity contribution in [1.82, 2.24) is 0 Å². The number of carboxylic acids is 1. The van der Waals surface area contributed by atoms with Crippen molar-refractivity contribution in [2.24, 2.45) is 17.8 Å². The number of aliphatic carboxylic acids is 1. The number of rotatable bonds is 4. The van der Waals surface area contributed by atoms with Crippen molar-refractivity contribution in [3.63, 3.8) is 0 Å². The molecule has 1 aliphatic rings. The molecule has 0 aliphatic heterocycles. The van der Waals surface area contributed by atoms with Crippen LogP contribution in [0.5, 0.6) is 0 Å². The first-order valence-electron chi connectivity index (χ1n) is 6.76. The number of carboxylic acid groups (broad SMARTS) is 1. The second-order valence-electron chi connectivity index (χ2n) is 5.60. The van der Waals surface area contributed by atoms with Crippen molar-refractivity contribution >= 4 is 11.9 Å². The Morgan fingerprint density at radius 1 is 1.32 bits per heavy atom. The molecule has 0 aromatic carbocycles. The fraction of sp³-hybridized carbons (Fsp3) is 0.667. The maximum absolute atomic E-state index is 11.6. The summed E-state index contributed by atoms with van der Waals surface area (Å²) in [5.41, 5.74) is 2.31. The van der Waals surface area contributed by atoms with E-state index in [0.29, 0.717) is 17.8 Å². The van der Waals surface area contributed by atoms with Crippen LogP contribution in [-0.4, -0.2) is 23.1 Å². The van der Waals surface area contributed by atoms with E-state index in [0.717, 1.165) is 25.0 Å². The average molecular weight is 266 g/mol. The fourth-order valence-corrected chi connectivity index (χ4v) is 2.61. The Balaban J connectivity index is 2.63. The van der Waals surface area contributed by atoms with Gasteiger partial charge in [0.25, 0.3) is 0 Å². The molecule has 0 radical (unpaired) electrons. The monoisotopic (exact) mass is 266 g/mol. The summed E-state index contributed by atoms with van der Waals surface area (Å²) in [6.07, 6.45) is 4.90. The molecule has 0 aromatic rings. The van der Waals surface area contributed by atoms with E-state index in [9.17, 15) is 9.59 Å². The van der Waals surface area contributed by atoms with E-state index < -0.39 is 11.9 Å². The van der Waals surface area contributed by atoms with Gasteiger partial charge < -0.3 is 9.84 Å². The van der Waals surface area contributed by atoms with E-state index in [1.54, 1.807) is 0 Å². The smallest absolute Gasteiger partial charge is 0.338 e. The molecule has 4 nitrogen and oxygen atoms in total. The summed E-state index contributed by atoms with van der Waals surface area (Å²) in [5, 5.41) is 8.41. The highest BCUT2D eigenvalue weighted by Crippen LogP contribution is 2.35. The van der Waals surface area contributed by atoms with Crippen LogP contribution in [0.1, 0.15) is 40.0 Å². The highest BCUT2D eigenvalue weighted by atomic mass is 16.5. The van der Waals surface area contributed by atoms with E-state index in [4.69, 9.17) is 9.84 Å². The van der Waals surface area contributed by atoms with Gasteiger partial charge in [-0.1, -0.05) is 27.2 Å². The van der Waals surface area contributed by atoms with E-state index >= 15 is 0 Å². The zero-order chi connectivity index (χ0) is 14.4. The zero-order valence-corrected chi connectivity index (χ0v) is 11.8. The van der Waals surface area contributed by atoms with Gasteiger partial charge in [0, 0.05) is 0 Å². The van der Waals surface area contributed by atoms with Gasteiger partial charge in [0.1, 0.15) is 6.10 Å². The standard InChI is InChI=1S/C15H22O4/c1-10(2)12-8-7-11(3)9-13(12)19-15(18)6-4-5-14(16)17/h5-6,10-13H,7-9H2,1-3H3,(H,16,17). The Kier molecular flexibility index (Phi) is 5.84. The topological polar surface area (TPSA) is 63.6 Å². The summed E-state index contributed by atoms with van der Waals surface area (Å²) in [5.74, 6) is -0.218. The van der Waals surface area contributed by atoms with Crippen LogP contribution in [0.3, 0.4) is 0 Å². The molecule has 0 spiro atoms. The van der Waals surface area contributed by atoms with Gasteiger partial charge in [0.15, 0.2) is 0 Å². The van der Waals surface area contributed by atoms with E-state index in [1.807, 2.05) is 0 Å². The van der Waals surface area contributed by atoms with Gasteiger partial charge in [-0.05, 0) is 30.6 Å². The lowest BCUT2D eigenvalue weighted by Gasteiger charge is -2.36.